The molecule has 0 aliphatic heterocycles. The van der Waals surface area contributed by atoms with Crippen LogP contribution in [0.5, 0.6) is 0 Å². The van der Waals surface area contributed by atoms with Gasteiger partial charge in [-0.15, -0.1) is 0 Å². The summed E-state index contributed by atoms with van der Waals surface area (Å²) in [6, 6.07) is 5.08. The van der Waals surface area contributed by atoms with Crippen molar-refractivity contribution in [1.29, 1.82) is 5.26 Å². The van der Waals surface area contributed by atoms with E-state index in [1.807, 2.05) is 13.0 Å². The molecular weight excluding hydrogens is 287 g/mol. The van der Waals surface area contributed by atoms with Crippen LogP contribution in [-0.4, -0.2) is 17.8 Å². The Morgan fingerprint density at radius 1 is 1.59 bits per heavy atom. The number of nitriles is 1. The van der Waals surface area contributed by atoms with Crippen molar-refractivity contribution < 1.29 is 9.50 Å². The molecule has 0 spiro atoms. The zero-order chi connectivity index (χ0) is 12.8. The van der Waals surface area contributed by atoms with Gasteiger partial charge < -0.3 is 10.4 Å². The van der Waals surface area contributed by atoms with Gasteiger partial charge in [0.25, 0.3) is 0 Å². The van der Waals surface area contributed by atoms with Crippen LogP contribution >= 0.6 is 15.9 Å². The van der Waals surface area contributed by atoms with E-state index in [-0.39, 0.29) is 22.7 Å². The van der Waals surface area contributed by atoms with Crippen molar-refractivity contribution in [3.05, 3.63) is 28.0 Å². The normalized spacial score (nSPS) is 11.9. The molecule has 1 aromatic carbocycles. The van der Waals surface area contributed by atoms with Gasteiger partial charge in [0, 0.05) is 12.6 Å². The molecular formula is C12H14BrFN2O. The first-order chi connectivity index (χ1) is 8.10. The van der Waals surface area contributed by atoms with Crippen LogP contribution in [0.4, 0.5) is 10.1 Å². The van der Waals surface area contributed by atoms with Gasteiger partial charge in [-0.25, -0.2) is 4.39 Å². The van der Waals surface area contributed by atoms with Crippen molar-refractivity contribution in [2.24, 2.45) is 0 Å². The molecule has 3 nitrogen and oxygen atoms in total. The minimum absolute atomic E-state index is 0.0662. The maximum absolute atomic E-state index is 13.8. The first-order valence-corrected chi connectivity index (χ1v) is 6.15. The summed E-state index contributed by atoms with van der Waals surface area (Å²) in [7, 11) is 0. The Kier molecular flexibility index (Phi) is 5.39. The Bertz CT molecular complexity index is 431. The van der Waals surface area contributed by atoms with E-state index in [1.165, 1.54) is 0 Å². The number of halogens is 2. The molecule has 0 saturated heterocycles. The van der Waals surface area contributed by atoms with E-state index in [9.17, 15) is 4.39 Å². The lowest BCUT2D eigenvalue weighted by Gasteiger charge is -2.16. The Labute approximate surface area is 108 Å². The zero-order valence-corrected chi connectivity index (χ0v) is 11.1. The van der Waals surface area contributed by atoms with Crippen LogP contribution < -0.4 is 5.32 Å². The molecule has 0 radical (unpaired) electrons. The van der Waals surface area contributed by atoms with Crippen LogP contribution in [0.1, 0.15) is 25.3 Å². The molecule has 0 heterocycles. The van der Waals surface area contributed by atoms with Gasteiger partial charge in [-0.2, -0.15) is 5.26 Å². The van der Waals surface area contributed by atoms with E-state index in [0.29, 0.717) is 12.1 Å². The van der Waals surface area contributed by atoms with Gasteiger partial charge >= 0.3 is 0 Å². The summed E-state index contributed by atoms with van der Waals surface area (Å²) >= 11 is 3.06. The van der Waals surface area contributed by atoms with Gasteiger partial charge in [0.15, 0.2) is 5.82 Å². The predicted molar refractivity (Wildman–Crippen MR) is 68.2 cm³/mol. The maximum atomic E-state index is 13.8. The molecule has 1 aromatic rings. The second-order valence-corrected chi connectivity index (χ2v) is 4.60. The zero-order valence-electron chi connectivity index (χ0n) is 9.50. The molecule has 0 amide bonds. The third kappa shape index (κ3) is 3.69. The summed E-state index contributed by atoms with van der Waals surface area (Å²) in [6.07, 6.45) is 1.43. The average molecular weight is 301 g/mol. The number of aliphatic hydroxyl groups excluding tert-OH is 1. The largest absolute Gasteiger partial charge is 0.396 e. The Balaban J connectivity index is 2.79. The molecule has 0 saturated carbocycles. The highest BCUT2D eigenvalue weighted by molar-refractivity contribution is 9.10. The van der Waals surface area contributed by atoms with Gasteiger partial charge in [0.2, 0.25) is 0 Å². The van der Waals surface area contributed by atoms with Gasteiger partial charge in [-0.05, 0) is 47.8 Å². The molecule has 92 valence electrons. The highest BCUT2D eigenvalue weighted by Gasteiger charge is 2.12. The number of nitrogens with one attached hydrogen (secondary N) is 1. The average Bonchev–Trinajstić information content (AvgIpc) is 2.33. The fraction of sp³-hybridized carbons (Fsp3) is 0.417. The molecule has 0 bridgehead atoms. The third-order valence-electron chi connectivity index (χ3n) is 2.40. The fourth-order valence-electron chi connectivity index (χ4n) is 1.48. The minimum Gasteiger partial charge on any atom is -0.396 e. The summed E-state index contributed by atoms with van der Waals surface area (Å²) in [5.74, 6) is -0.458. The fourth-order valence-corrected chi connectivity index (χ4v) is 1.92. The minimum atomic E-state index is -0.458. The van der Waals surface area contributed by atoms with Crippen molar-refractivity contribution in [1.82, 2.24) is 0 Å². The molecule has 0 aliphatic rings. The number of rotatable bonds is 5. The number of hydrogen-bond donors (Lipinski definition) is 2. The molecule has 1 unspecified atom stereocenters. The van der Waals surface area contributed by atoms with E-state index >= 15 is 0 Å². The first kappa shape index (κ1) is 13.9. The van der Waals surface area contributed by atoms with Gasteiger partial charge in [-0.1, -0.05) is 0 Å². The molecule has 1 rings (SSSR count). The molecule has 1 atom stereocenters. The van der Waals surface area contributed by atoms with Crippen molar-refractivity contribution in [2.75, 3.05) is 11.9 Å². The van der Waals surface area contributed by atoms with Crippen LogP contribution in [0.3, 0.4) is 0 Å². The SMILES string of the molecule is CC(CCCO)Nc1ccc(C#N)c(Br)c1F. The highest BCUT2D eigenvalue weighted by atomic mass is 79.9. The van der Waals surface area contributed by atoms with Gasteiger partial charge in [-0.3, -0.25) is 0 Å². The summed E-state index contributed by atoms with van der Waals surface area (Å²) in [4.78, 5) is 0. The van der Waals surface area contributed by atoms with Crippen molar-refractivity contribution >= 4 is 21.6 Å². The highest BCUT2D eigenvalue weighted by Crippen LogP contribution is 2.27. The van der Waals surface area contributed by atoms with E-state index < -0.39 is 5.82 Å². The number of anilines is 1. The number of hydrogen-bond acceptors (Lipinski definition) is 3. The Morgan fingerprint density at radius 2 is 2.29 bits per heavy atom. The first-order valence-electron chi connectivity index (χ1n) is 5.35. The van der Waals surface area contributed by atoms with Crippen LogP contribution in [-0.2, 0) is 0 Å². The monoisotopic (exact) mass is 300 g/mol. The van der Waals surface area contributed by atoms with E-state index in [4.69, 9.17) is 10.4 Å². The van der Waals surface area contributed by atoms with E-state index in [2.05, 4.69) is 21.2 Å². The van der Waals surface area contributed by atoms with Crippen LogP contribution in [0.2, 0.25) is 0 Å². The van der Waals surface area contributed by atoms with Crippen molar-refractivity contribution in [3.8, 4) is 6.07 Å². The van der Waals surface area contributed by atoms with Crippen molar-refractivity contribution in [3.63, 3.8) is 0 Å². The van der Waals surface area contributed by atoms with Crippen molar-refractivity contribution in [2.45, 2.75) is 25.8 Å². The number of nitrogens with zero attached hydrogens (tertiary/aromatic N) is 1. The predicted octanol–water partition coefficient (Wildman–Crippen LogP) is 3.03. The quantitative estimate of drug-likeness (QED) is 0.879. The molecule has 0 aromatic heterocycles. The Morgan fingerprint density at radius 3 is 2.88 bits per heavy atom. The van der Waals surface area contributed by atoms with Crippen LogP contribution in [0, 0.1) is 17.1 Å². The van der Waals surface area contributed by atoms with E-state index in [1.54, 1.807) is 12.1 Å². The Hall–Kier alpha value is -1.12. The van der Waals surface area contributed by atoms with Gasteiger partial charge in [0.05, 0.1) is 15.7 Å². The standard InChI is InChI=1S/C12H14BrFN2O/c1-8(3-2-6-17)16-10-5-4-9(7-15)11(13)12(10)14/h4-5,8,16-17H,2-3,6H2,1H3. The molecule has 2 N–H and O–H groups in total. The summed E-state index contributed by atoms with van der Waals surface area (Å²) < 4.78 is 14.0. The molecule has 0 fully saturated rings. The lowest BCUT2D eigenvalue weighted by molar-refractivity contribution is 0.282. The number of benzene rings is 1. The van der Waals surface area contributed by atoms with Crippen LogP contribution in [0.15, 0.2) is 16.6 Å². The summed E-state index contributed by atoms with van der Waals surface area (Å²) in [6.45, 7) is 2.05. The second-order valence-electron chi connectivity index (χ2n) is 3.81. The summed E-state index contributed by atoms with van der Waals surface area (Å²) in [5, 5.41) is 20.5. The van der Waals surface area contributed by atoms with Crippen LogP contribution in [0.25, 0.3) is 0 Å². The molecule has 0 aliphatic carbocycles. The van der Waals surface area contributed by atoms with Gasteiger partial charge in [0.1, 0.15) is 6.07 Å². The molecule has 5 heteroatoms. The third-order valence-corrected chi connectivity index (χ3v) is 3.18. The lowest BCUT2D eigenvalue weighted by atomic mass is 10.1. The van der Waals surface area contributed by atoms with E-state index in [0.717, 1.165) is 6.42 Å². The topological polar surface area (TPSA) is 56.0 Å². The summed E-state index contributed by atoms with van der Waals surface area (Å²) in [5.41, 5.74) is 0.636. The smallest absolute Gasteiger partial charge is 0.161 e. The number of aliphatic hydroxyl groups is 1. The second kappa shape index (κ2) is 6.58. The lowest BCUT2D eigenvalue weighted by Crippen LogP contribution is -2.16. The molecule has 17 heavy (non-hydrogen) atoms. The maximum Gasteiger partial charge on any atom is 0.161 e.